The van der Waals surface area contributed by atoms with Crippen LogP contribution in [0, 0.1) is 0 Å². The summed E-state index contributed by atoms with van der Waals surface area (Å²) in [7, 11) is 0. The first kappa shape index (κ1) is 16.0. The summed E-state index contributed by atoms with van der Waals surface area (Å²) in [5, 5.41) is 11.0. The van der Waals surface area contributed by atoms with E-state index in [0.717, 1.165) is 12.1 Å². The average molecular weight is 289 g/mol. The molecule has 20 heavy (non-hydrogen) atoms. The largest absolute Gasteiger partial charge is 0.481 e. The van der Waals surface area contributed by atoms with Crippen LogP contribution in [0.25, 0.3) is 0 Å². The van der Waals surface area contributed by atoms with Crippen LogP contribution in [0.1, 0.15) is 24.5 Å². The monoisotopic (exact) mass is 289 g/mol. The molecule has 0 spiro atoms. The fourth-order valence-corrected chi connectivity index (χ4v) is 1.68. The molecule has 1 rings (SSSR count). The van der Waals surface area contributed by atoms with Crippen LogP contribution >= 0.6 is 0 Å². The third kappa shape index (κ3) is 5.29. The van der Waals surface area contributed by atoms with Crippen molar-refractivity contribution in [2.75, 3.05) is 0 Å². The van der Waals surface area contributed by atoms with E-state index < -0.39 is 29.7 Å². The fourth-order valence-electron chi connectivity index (χ4n) is 1.68. The molecule has 7 heteroatoms. The van der Waals surface area contributed by atoms with Crippen molar-refractivity contribution < 1.29 is 27.9 Å². The van der Waals surface area contributed by atoms with Crippen molar-refractivity contribution in [1.29, 1.82) is 0 Å². The van der Waals surface area contributed by atoms with E-state index in [2.05, 4.69) is 5.32 Å². The molecule has 1 unspecified atom stereocenters. The number of amides is 1. The number of nitrogens with one attached hydrogen (secondary N) is 1. The molecule has 0 aliphatic heterocycles. The summed E-state index contributed by atoms with van der Waals surface area (Å²) >= 11 is 0. The van der Waals surface area contributed by atoms with Crippen LogP contribution in [0.4, 0.5) is 13.2 Å². The fraction of sp³-hybridized carbons (Fsp3) is 0.385. The van der Waals surface area contributed by atoms with E-state index in [1.165, 1.54) is 19.1 Å². The summed E-state index contributed by atoms with van der Waals surface area (Å²) in [6, 6.07) is 3.89. The third-order valence-corrected chi connectivity index (χ3v) is 2.51. The number of carbonyl (C=O) groups excluding carboxylic acids is 1. The van der Waals surface area contributed by atoms with Gasteiger partial charge >= 0.3 is 12.1 Å². The van der Waals surface area contributed by atoms with Crippen LogP contribution in [0.5, 0.6) is 0 Å². The Morgan fingerprint density at radius 3 is 2.55 bits per heavy atom. The molecular formula is C13H14F3NO3. The number of benzene rings is 1. The molecule has 0 aromatic heterocycles. The second kappa shape index (κ2) is 6.40. The number of carbonyl (C=O) groups is 2. The summed E-state index contributed by atoms with van der Waals surface area (Å²) in [5.41, 5.74) is -0.596. The highest BCUT2D eigenvalue weighted by molar-refractivity contribution is 5.79. The molecule has 1 aromatic carbocycles. The average Bonchev–Trinajstić information content (AvgIpc) is 2.26. The normalized spacial score (nSPS) is 12.8. The third-order valence-electron chi connectivity index (χ3n) is 2.51. The van der Waals surface area contributed by atoms with Crippen molar-refractivity contribution in [2.45, 2.75) is 32.0 Å². The Balaban J connectivity index is 2.65. The molecule has 0 aliphatic carbocycles. The van der Waals surface area contributed by atoms with E-state index in [1.54, 1.807) is 0 Å². The molecule has 4 nitrogen and oxygen atoms in total. The zero-order chi connectivity index (χ0) is 15.3. The number of carboxylic acids is 1. The van der Waals surface area contributed by atoms with Gasteiger partial charge in [-0.1, -0.05) is 18.2 Å². The maximum Gasteiger partial charge on any atom is 0.416 e. The Morgan fingerprint density at radius 1 is 1.35 bits per heavy atom. The Labute approximate surface area is 113 Å². The Bertz CT molecular complexity index is 500. The van der Waals surface area contributed by atoms with E-state index >= 15 is 0 Å². The van der Waals surface area contributed by atoms with Crippen LogP contribution in [0.15, 0.2) is 24.3 Å². The number of hydrogen-bond acceptors (Lipinski definition) is 2. The Morgan fingerprint density at radius 2 is 2.00 bits per heavy atom. The predicted molar refractivity (Wildman–Crippen MR) is 65.0 cm³/mol. The van der Waals surface area contributed by atoms with Gasteiger partial charge in [0.25, 0.3) is 0 Å². The number of carboxylic acid groups (broad SMARTS) is 1. The van der Waals surface area contributed by atoms with Gasteiger partial charge in [0.2, 0.25) is 5.91 Å². The minimum absolute atomic E-state index is 0.222. The molecule has 0 saturated heterocycles. The smallest absolute Gasteiger partial charge is 0.416 e. The number of halogens is 3. The second-order valence-electron chi connectivity index (χ2n) is 4.44. The van der Waals surface area contributed by atoms with Crippen molar-refractivity contribution in [3.05, 3.63) is 35.4 Å². The lowest BCUT2D eigenvalue weighted by molar-refractivity contribution is -0.138. The molecular weight excluding hydrogens is 275 g/mol. The van der Waals surface area contributed by atoms with E-state index in [0.29, 0.717) is 0 Å². The summed E-state index contributed by atoms with van der Waals surface area (Å²) in [6.07, 6.45) is -4.93. The highest BCUT2D eigenvalue weighted by atomic mass is 19.4. The van der Waals surface area contributed by atoms with Gasteiger partial charge in [-0.3, -0.25) is 9.59 Å². The lowest BCUT2D eigenvalue weighted by Crippen LogP contribution is -2.35. The standard InChI is InChI=1S/C13H14F3NO3/c1-8(5-12(19)20)17-11(18)7-9-3-2-4-10(6-9)13(14,15)16/h2-4,6,8H,5,7H2,1H3,(H,17,18)(H,19,20). The zero-order valence-corrected chi connectivity index (χ0v) is 10.7. The van der Waals surface area contributed by atoms with Crippen LogP contribution in [-0.2, 0) is 22.2 Å². The molecule has 1 aromatic rings. The quantitative estimate of drug-likeness (QED) is 0.873. The van der Waals surface area contributed by atoms with Crippen LogP contribution < -0.4 is 5.32 Å². The van der Waals surface area contributed by atoms with Crippen molar-refractivity contribution in [1.82, 2.24) is 5.32 Å². The van der Waals surface area contributed by atoms with Gasteiger partial charge in [-0.15, -0.1) is 0 Å². The van der Waals surface area contributed by atoms with Gasteiger partial charge in [0.15, 0.2) is 0 Å². The van der Waals surface area contributed by atoms with Gasteiger partial charge in [-0.05, 0) is 18.6 Å². The lowest BCUT2D eigenvalue weighted by atomic mass is 10.1. The van der Waals surface area contributed by atoms with E-state index in [-0.39, 0.29) is 18.4 Å². The van der Waals surface area contributed by atoms with Gasteiger partial charge in [0, 0.05) is 6.04 Å². The summed E-state index contributed by atoms with van der Waals surface area (Å²) in [4.78, 5) is 22.0. The molecule has 0 bridgehead atoms. The van der Waals surface area contributed by atoms with Crippen LogP contribution in [0.2, 0.25) is 0 Å². The van der Waals surface area contributed by atoms with Gasteiger partial charge in [0.1, 0.15) is 0 Å². The van der Waals surface area contributed by atoms with Gasteiger partial charge in [-0.2, -0.15) is 13.2 Å². The van der Waals surface area contributed by atoms with Crippen LogP contribution in [-0.4, -0.2) is 23.0 Å². The summed E-state index contributed by atoms with van der Waals surface area (Å²) in [6.45, 7) is 1.51. The highest BCUT2D eigenvalue weighted by Gasteiger charge is 2.30. The first-order chi connectivity index (χ1) is 9.18. The first-order valence-corrected chi connectivity index (χ1v) is 5.86. The maximum atomic E-state index is 12.5. The summed E-state index contributed by atoms with van der Waals surface area (Å²) < 4.78 is 37.5. The Hall–Kier alpha value is -2.05. The molecule has 1 amide bonds. The summed E-state index contributed by atoms with van der Waals surface area (Å²) in [5.74, 6) is -1.57. The minimum atomic E-state index is -4.46. The van der Waals surface area contributed by atoms with Crippen LogP contribution in [0.3, 0.4) is 0 Å². The van der Waals surface area contributed by atoms with Gasteiger partial charge in [-0.25, -0.2) is 0 Å². The molecule has 0 radical (unpaired) electrons. The highest BCUT2D eigenvalue weighted by Crippen LogP contribution is 2.29. The van der Waals surface area contributed by atoms with Gasteiger partial charge in [0.05, 0.1) is 18.4 Å². The SMILES string of the molecule is CC(CC(=O)O)NC(=O)Cc1cccc(C(F)(F)F)c1. The lowest BCUT2D eigenvalue weighted by Gasteiger charge is -2.12. The number of hydrogen-bond donors (Lipinski definition) is 2. The second-order valence-corrected chi connectivity index (χ2v) is 4.44. The first-order valence-electron chi connectivity index (χ1n) is 5.86. The minimum Gasteiger partial charge on any atom is -0.481 e. The zero-order valence-electron chi connectivity index (χ0n) is 10.7. The van der Waals surface area contributed by atoms with E-state index in [4.69, 9.17) is 5.11 Å². The molecule has 0 fully saturated rings. The van der Waals surface area contributed by atoms with Crippen molar-refractivity contribution in [3.63, 3.8) is 0 Å². The Kier molecular flexibility index (Phi) is 5.12. The predicted octanol–water partition coefficient (Wildman–Crippen LogP) is 2.23. The van der Waals surface area contributed by atoms with Crippen molar-refractivity contribution >= 4 is 11.9 Å². The molecule has 0 saturated carbocycles. The molecule has 0 aliphatic rings. The van der Waals surface area contributed by atoms with Gasteiger partial charge < -0.3 is 10.4 Å². The molecule has 110 valence electrons. The molecule has 1 atom stereocenters. The number of aliphatic carboxylic acids is 1. The number of rotatable bonds is 5. The molecule has 0 heterocycles. The molecule has 2 N–H and O–H groups in total. The topological polar surface area (TPSA) is 66.4 Å². The number of alkyl halides is 3. The maximum absolute atomic E-state index is 12.5. The van der Waals surface area contributed by atoms with E-state index in [1.807, 2.05) is 0 Å². The van der Waals surface area contributed by atoms with E-state index in [9.17, 15) is 22.8 Å². The van der Waals surface area contributed by atoms with Crippen molar-refractivity contribution in [3.8, 4) is 0 Å². The van der Waals surface area contributed by atoms with Crippen molar-refractivity contribution in [2.24, 2.45) is 0 Å².